The van der Waals surface area contributed by atoms with Crippen molar-refractivity contribution in [1.82, 2.24) is 0 Å². The molecule has 0 aliphatic rings. The molecule has 1 nitrogen and oxygen atoms in total. The molecule has 14 heavy (non-hydrogen) atoms. The van der Waals surface area contributed by atoms with Crippen molar-refractivity contribution in [3.8, 4) is 0 Å². The molecule has 1 rings (SSSR count). The Morgan fingerprint density at radius 3 is 2.43 bits per heavy atom. The zero-order valence-corrected chi connectivity index (χ0v) is 9.76. The van der Waals surface area contributed by atoms with Gasteiger partial charge in [0.1, 0.15) is 0 Å². The number of rotatable bonds is 4. The van der Waals surface area contributed by atoms with Crippen LogP contribution < -0.4 is 5.32 Å². The molecule has 0 heterocycles. The van der Waals surface area contributed by atoms with Crippen LogP contribution in [0.15, 0.2) is 24.8 Å². The molecule has 0 aliphatic heterocycles. The van der Waals surface area contributed by atoms with Gasteiger partial charge in [-0.1, -0.05) is 40.9 Å². The molecule has 0 aromatic heterocycles. The van der Waals surface area contributed by atoms with Gasteiger partial charge in [-0.3, -0.25) is 0 Å². The molecule has 0 atom stereocenters. The predicted molar refractivity (Wildman–Crippen MR) is 64.8 cm³/mol. The summed E-state index contributed by atoms with van der Waals surface area (Å²) in [5.41, 5.74) is 0.794. The van der Waals surface area contributed by atoms with Gasteiger partial charge in [-0.25, -0.2) is 0 Å². The lowest BCUT2D eigenvalue weighted by molar-refractivity contribution is 1.07. The monoisotopic (exact) mass is 249 g/mol. The van der Waals surface area contributed by atoms with Gasteiger partial charge in [-0.05, 0) is 18.6 Å². The van der Waals surface area contributed by atoms with Crippen molar-refractivity contribution in [2.75, 3.05) is 11.9 Å². The first kappa shape index (κ1) is 11.7. The fourth-order valence-corrected chi connectivity index (χ4v) is 1.58. The number of halogens is 3. The molecule has 0 spiro atoms. The normalized spacial score (nSPS) is 9.93. The van der Waals surface area contributed by atoms with E-state index in [1.54, 1.807) is 12.1 Å². The van der Waals surface area contributed by atoms with Crippen molar-refractivity contribution >= 4 is 40.5 Å². The van der Waals surface area contributed by atoms with E-state index >= 15 is 0 Å². The van der Waals surface area contributed by atoms with Crippen molar-refractivity contribution in [3.05, 3.63) is 39.9 Å². The van der Waals surface area contributed by atoms with Crippen LogP contribution in [0, 0.1) is 0 Å². The van der Waals surface area contributed by atoms with Crippen molar-refractivity contribution in [3.63, 3.8) is 0 Å². The van der Waals surface area contributed by atoms with Crippen LogP contribution in [0.25, 0.3) is 0 Å². The highest BCUT2D eigenvalue weighted by Crippen LogP contribution is 2.32. The molecule has 4 heteroatoms. The molecule has 0 radical (unpaired) electrons. The van der Waals surface area contributed by atoms with Crippen molar-refractivity contribution in [2.24, 2.45) is 0 Å². The molecule has 1 aromatic carbocycles. The molecule has 0 fully saturated rings. The highest BCUT2D eigenvalue weighted by Gasteiger charge is 2.04. The average Bonchev–Trinajstić information content (AvgIpc) is 2.14. The molecule has 1 N–H and O–H groups in total. The fourth-order valence-electron chi connectivity index (χ4n) is 0.967. The van der Waals surface area contributed by atoms with Crippen LogP contribution in [0.3, 0.4) is 0 Å². The highest BCUT2D eigenvalue weighted by molar-refractivity contribution is 6.44. The zero-order chi connectivity index (χ0) is 10.6. The lowest BCUT2D eigenvalue weighted by Crippen LogP contribution is -2.00. The number of nitrogens with one attached hydrogen (secondary N) is 1. The largest absolute Gasteiger partial charge is 0.383 e. The molecule has 0 bridgehead atoms. The summed E-state index contributed by atoms with van der Waals surface area (Å²) in [5, 5.41) is 4.67. The van der Waals surface area contributed by atoms with E-state index in [0.717, 1.165) is 18.7 Å². The predicted octanol–water partition coefficient (Wildman–Crippen LogP) is 4.63. The van der Waals surface area contributed by atoms with Crippen LogP contribution in [0.4, 0.5) is 5.69 Å². The molecular weight excluding hydrogens is 240 g/mol. The van der Waals surface area contributed by atoms with Gasteiger partial charge in [0.25, 0.3) is 0 Å². The number of anilines is 1. The van der Waals surface area contributed by atoms with Crippen molar-refractivity contribution < 1.29 is 0 Å². The maximum atomic E-state index is 5.95. The van der Waals surface area contributed by atoms with Crippen molar-refractivity contribution in [2.45, 2.75) is 6.42 Å². The standard InChI is InChI=1S/C10H10Cl3N/c1-2-3-4-14-10-6-8(12)7(11)5-9(10)13/h2,5-6,14H,1,3-4H2. The van der Waals surface area contributed by atoms with Gasteiger partial charge < -0.3 is 5.32 Å². The molecule has 1 aromatic rings. The summed E-state index contributed by atoms with van der Waals surface area (Å²) in [6.07, 6.45) is 2.70. The minimum absolute atomic E-state index is 0.464. The third kappa shape index (κ3) is 3.09. The second kappa shape index (κ2) is 5.50. The van der Waals surface area contributed by atoms with Gasteiger partial charge in [-0.15, -0.1) is 6.58 Å². The Kier molecular flexibility index (Phi) is 4.59. The van der Waals surface area contributed by atoms with Crippen LogP contribution in [0.1, 0.15) is 6.42 Å². The summed E-state index contributed by atoms with van der Waals surface area (Å²) >= 11 is 17.6. The summed E-state index contributed by atoms with van der Waals surface area (Å²) in [4.78, 5) is 0. The first-order valence-electron chi connectivity index (χ1n) is 4.14. The summed E-state index contributed by atoms with van der Waals surface area (Å²) in [6, 6.07) is 3.34. The van der Waals surface area contributed by atoms with Gasteiger partial charge in [0.2, 0.25) is 0 Å². The average molecular weight is 251 g/mol. The van der Waals surface area contributed by atoms with E-state index in [1.165, 1.54) is 0 Å². The van der Waals surface area contributed by atoms with E-state index in [0.29, 0.717) is 15.1 Å². The first-order valence-corrected chi connectivity index (χ1v) is 5.28. The van der Waals surface area contributed by atoms with Crippen LogP contribution in [0.5, 0.6) is 0 Å². The SMILES string of the molecule is C=CCCNc1cc(Cl)c(Cl)cc1Cl. The summed E-state index contributed by atoms with van der Waals surface area (Å²) < 4.78 is 0. The van der Waals surface area contributed by atoms with E-state index in [9.17, 15) is 0 Å². The number of benzene rings is 1. The molecule has 0 unspecified atom stereocenters. The van der Waals surface area contributed by atoms with Crippen LogP contribution in [0.2, 0.25) is 15.1 Å². The molecule has 76 valence electrons. The Labute approximate surface area is 98.7 Å². The second-order valence-electron chi connectivity index (χ2n) is 2.75. The topological polar surface area (TPSA) is 12.0 Å². The maximum Gasteiger partial charge on any atom is 0.0653 e. The number of hydrogen-bond donors (Lipinski definition) is 1. The van der Waals surface area contributed by atoms with Crippen LogP contribution in [-0.4, -0.2) is 6.54 Å². The molecule has 0 saturated heterocycles. The summed E-state index contributed by atoms with van der Waals surface area (Å²) in [5.74, 6) is 0. The van der Waals surface area contributed by atoms with E-state index in [1.807, 2.05) is 6.08 Å². The lowest BCUT2D eigenvalue weighted by atomic mass is 10.3. The van der Waals surface area contributed by atoms with Crippen LogP contribution in [-0.2, 0) is 0 Å². The first-order chi connectivity index (χ1) is 6.65. The minimum atomic E-state index is 0.464. The lowest BCUT2D eigenvalue weighted by Gasteiger charge is -2.08. The van der Waals surface area contributed by atoms with Gasteiger partial charge in [0, 0.05) is 6.54 Å². The Balaban J connectivity index is 2.76. The van der Waals surface area contributed by atoms with Crippen molar-refractivity contribution in [1.29, 1.82) is 0 Å². The minimum Gasteiger partial charge on any atom is -0.383 e. The van der Waals surface area contributed by atoms with Crippen LogP contribution >= 0.6 is 34.8 Å². The van der Waals surface area contributed by atoms with Gasteiger partial charge >= 0.3 is 0 Å². The van der Waals surface area contributed by atoms with E-state index in [2.05, 4.69) is 11.9 Å². The van der Waals surface area contributed by atoms with Gasteiger partial charge in [-0.2, -0.15) is 0 Å². The Morgan fingerprint density at radius 2 is 1.79 bits per heavy atom. The second-order valence-corrected chi connectivity index (χ2v) is 3.97. The Hall–Kier alpha value is -0.370. The van der Waals surface area contributed by atoms with E-state index < -0.39 is 0 Å². The van der Waals surface area contributed by atoms with Gasteiger partial charge in [0.05, 0.1) is 20.8 Å². The zero-order valence-electron chi connectivity index (χ0n) is 7.49. The summed E-state index contributed by atoms with van der Waals surface area (Å²) in [6.45, 7) is 4.40. The fraction of sp³-hybridized carbons (Fsp3) is 0.200. The molecule has 0 amide bonds. The highest BCUT2D eigenvalue weighted by atomic mass is 35.5. The Morgan fingerprint density at radius 1 is 1.14 bits per heavy atom. The van der Waals surface area contributed by atoms with E-state index in [-0.39, 0.29) is 0 Å². The third-order valence-electron chi connectivity index (χ3n) is 1.67. The van der Waals surface area contributed by atoms with E-state index in [4.69, 9.17) is 34.8 Å². The quantitative estimate of drug-likeness (QED) is 0.466. The Bertz CT molecular complexity index is 336. The smallest absolute Gasteiger partial charge is 0.0653 e. The van der Waals surface area contributed by atoms with Gasteiger partial charge in [0.15, 0.2) is 0 Å². The molecule has 0 saturated carbocycles. The summed E-state index contributed by atoms with van der Waals surface area (Å²) in [7, 11) is 0. The third-order valence-corrected chi connectivity index (χ3v) is 2.71. The maximum absolute atomic E-state index is 5.95. The number of hydrogen-bond acceptors (Lipinski definition) is 1. The molecule has 0 aliphatic carbocycles. The molecular formula is C10H10Cl3N.